The molecule has 1 aliphatic carbocycles. The van der Waals surface area contributed by atoms with E-state index < -0.39 is 5.60 Å². The Morgan fingerprint density at radius 1 is 1.53 bits per heavy atom. The number of Topliss-reactive ketones (excluding diaryl/α,β-unsaturated/α-hetero) is 1. The van der Waals surface area contributed by atoms with Crippen LogP contribution in [0.5, 0.6) is 0 Å². The zero-order valence-corrected chi connectivity index (χ0v) is 10.6. The van der Waals surface area contributed by atoms with E-state index in [1.807, 2.05) is 6.07 Å². The second kappa shape index (κ2) is 5.05. The Labute approximate surface area is 102 Å². The SMILES string of the molecule is COC1(C(=O)Cc2ccoc2)CCC(C)CC1. The molecule has 0 amide bonds. The van der Waals surface area contributed by atoms with Gasteiger partial charge in [0.25, 0.3) is 0 Å². The van der Waals surface area contributed by atoms with Crippen LogP contribution in [-0.2, 0) is 16.0 Å². The normalized spacial score (nSPS) is 29.2. The van der Waals surface area contributed by atoms with E-state index in [1.165, 1.54) is 0 Å². The number of rotatable bonds is 4. The molecule has 3 heteroatoms. The van der Waals surface area contributed by atoms with Gasteiger partial charge in [-0.15, -0.1) is 0 Å². The van der Waals surface area contributed by atoms with Crippen molar-refractivity contribution >= 4 is 5.78 Å². The van der Waals surface area contributed by atoms with E-state index in [9.17, 15) is 4.79 Å². The first-order valence-electron chi connectivity index (χ1n) is 6.26. The first-order chi connectivity index (χ1) is 8.16. The molecule has 2 rings (SSSR count). The second-order valence-corrected chi connectivity index (χ2v) is 5.11. The second-order valence-electron chi connectivity index (χ2n) is 5.11. The van der Waals surface area contributed by atoms with E-state index in [1.54, 1.807) is 19.6 Å². The van der Waals surface area contributed by atoms with E-state index in [2.05, 4.69) is 6.92 Å². The number of carbonyl (C=O) groups is 1. The van der Waals surface area contributed by atoms with E-state index in [-0.39, 0.29) is 5.78 Å². The summed E-state index contributed by atoms with van der Waals surface area (Å²) in [6.45, 7) is 2.24. The molecule has 17 heavy (non-hydrogen) atoms. The first-order valence-corrected chi connectivity index (χ1v) is 6.26. The van der Waals surface area contributed by atoms with Crippen LogP contribution in [0.3, 0.4) is 0 Å². The molecule has 1 aromatic rings. The fraction of sp³-hybridized carbons (Fsp3) is 0.643. The van der Waals surface area contributed by atoms with Crippen molar-refractivity contribution in [2.24, 2.45) is 5.92 Å². The van der Waals surface area contributed by atoms with Crippen LogP contribution in [0, 0.1) is 5.92 Å². The van der Waals surface area contributed by atoms with Crippen molar-refractivity contribution in [3.63, 3.8) is 0 Å². The lowest BCUT2D eigenvalue weighted by atomic mass is 9.76. The largest absolute Gasteiger partial charge is 0.472 e. The smallest absolute Gasteiger partial charge is 0.169 e. The van der Waals surface area contributed by atoms with E-state index >= 15 is 0 Å². The maximum atomic E-state index is 12.4. The van der Waals surface area contributed by atoms with Gasteiger partial charge in [0.2, 0.25) is 0 Å². The number of furan rings is 1. The summed E-state index contributed by atoms with van der Waals surface area (Å²) in [6.07, 6.45) is 7.50. The molecule has 0 bridgehead atoms. The van der Waals surface area contributed by atoms with Gasteiger partial charge in [-0.2, -0.15) is 0 Å². The van der Waals surface area contributed by atoms with Gasteiger partial charge in [0, 0.05) is 13.5 Å². The van der Waals surface area contributed by atoms with Crippen LogP contribution in [0.2, 0.25) is 0 Å². The fourth-order valence-electron chi connectivity index (χ4n) is 2.56. The van der Waals surface area contributed by atoms with Gasteiger partial charge in [0.05, 0.1) is 12.5 Å². The highest BCUT2D eigenvalue weighted by molar-refractivity contribution is 5.89. The van der Waals surface area contributed by atoms with Gasteiger partial charge in [-0.3, -0.25) is 4.79 Å². The predicted molar refractivity (Wildman–Crippen MR) is 64.8 cm³/mol. The Balaban J connectivity index is 2.05. The number of carbonyl (C=O) groups excluding carboxylic acids is 1. The zero-order chi connectivity index (χ0) is 12.3. The van der Waals surface area contributed by atoms with E-state index in [0.29, 0.717) is 12.3 Å². The summed E-state index contributed by atoms with van der Waals surface area (Å²) in [4.78, 5) is 12.4. The van der Waals surface area contributed by atoms with Gasteiger partial charge < -0.3 is 9.15 Å². The molecule has 0 unspecified atom stereocenters. The van der Waals surface area contributed by atoms with Crippen molar-refractivity contribution in [2.75, 3.05) is 7.11 Å². The third-order valence-electron chi connectivity index (χ3n) is 3.93. The van der Waals surface area contributed by atoms with Gasteiger partial charge >= 0.3 is 0 Å². The minimum absolute atomic E-state index is 0.188. The van der Waals surface area contributed by atoms with Gasteiger partial charge in [-0.05, 0) is 43.2 Å². The molecule has 1 heterocycles. The molecule has 0 saturated heterocycles. The molecular formula is C14H20O3. The summed E-state index contributed by atoms with van der Waals surface area (Å²) in [5.41, 5.74) is 0.383. The van der Waals surface area contributed by atoms with Crippen molar-refractivity contribution in [2.45, 2.75) is 44.6 Å². The molecule has 0 spiro atoms. The summed E-state index contributed by atoms with van der Waals surface area (Å²) in [5, 5.41) is 0. The highest BCUT2D eigenvalue weighted by atomic mass is 16.5. The number of hydrogen-bond acceptors (Lipinski definition) is 3. The van der Waals surface area contributed by atoms with Crippen LogP contribution >= 0.6 is 0 Å². The predicted octanol–water partition coefficient (Wildman–Crippen LogP) is 2.99. The lowest BCUT2D eigenvalue weighted by Gasteiger charge is -2.36. The van der Waals surface area contributed by atoms with Crippen molar-refractivity contribution in [3.05, 3.63) is 24.2 Å². The van der Waals surface area contributed by atoms with Crippen molar-refractivity contribution < 1.29 is 13.9 Å². The summed E-state index contributed by atoms with van der Waals surface area (Å²) >= 11 is 0. The fourth-order valence-corrected chi connectivity index (χ4v) is 2.56. The maximum Gasteiger partial charge on any atom is 0.169 e. The van der Waals surface area contributed by atoms with Gasteiger partial charge in [-0.1, -0.05) is 6.92 Å². The number of methoxy groups -OCH3 is 1. The third kappa shape index (κ3) is 2.60. The highest BCUT2D eigenvalue weighted by Gasteiger charge is 2.40. The Hall–Kier alpha value is -1.09. The lowest BCUT2D eigenvalue weighted by Crippen LogP contribution is -2.44. The minimum atomic E-state index is -0.552. The summed E-state index contributed by atoms with van der Waals surface area (Å²) < 4.78 is 10.6. The lowest BCUT2D eigenvalue weighted by molar-refractivity contribution is -0.145. The Kier molecular flexibility index (Phi) is 3.67. The van der Waals surface area contributed by atoms with Crippen molar-refractivity contribution in [3.8, 4) is 0 Å². The number of ketones is 1. The average Bonchev–Trinajstić information content (AvgIpc) is 2.83. The summed E-state index contributed by atoms with van der Waals surface area (Å²) in [7, 11) is 1.66. The third-order valence-corrected chi connectivity index (χ3v) is 3.93. The molecule has 94 valence electrons. The van der Waals surface area contributed by atoms with E-state index in [0.717, 1.165) is 31.2 Å². The minimum Gasteiger partial charge on any atom is -0.472 e. The summed E-state index contributed by atoms with van der Waals surface area (Å²) in [6, 6.07) is 1.84. The van der Waals surface area contributed by atoms with Gasteiger partial charge in [-0.25, -0.2) is 0 Å². The topological polar surface area (TPSA) is 39.4 Å². The van der Waals surface area contributed by atoms with Gasteiger partial charge in [0.15, 0.2) is 5.78 Å². The van der Waals surface area contributed by atoms with Crippen LogP contribution < -0.4 is 0 Å². The molecule has 0 aromatic carbocycles. The molecule has 0 radical (unpaired) electrons. The Morgan fingerprint density at radius 2 is 2.24 bits per heavy atom. The number of hydrogen-bond donors (Lipinski definition) is 0. The highest BCUT2D eigenvalue weighted by Crippen LogP contribution is 2.35. The van der Waals surface area contributed by atoms with Crippen molar-refractivity contribution in [1.82, 2.24) is 0 Å². The van der Waals surface area contributed by atoms with Crippen LogP contribution in [-0.4, -0.2) is 18.5 Å². The monoisotopic (exact) mass is 236 g/mol. The average molecular weight is 236 g/mol. The molecule has 1 aromatic heterocycles. The van der Waals surface area contributed by atoms with Crippen LogP contribution in [0.15, 0.2) is 23.0 Å². The Morgan fingerprint density at radius 3 is 2.76 bits per heavy atom. The quantitative estimate of drug-likeness (QED) is 0.806. The van der Waals surface area contributed by atoms with Crippen LogP contribution in [0.4, 0.5) is 0 Å². The van der Waals surface area contributed by atoms with Crippen LogP contribution in [0.1, 0.15) is 38.2 Å². The van der Waals surface area contributed by atoms with Crippen molar-refractivity contribution in [1.29, 1.82) is 0 Å². The molecule has 0 atom stereocenters. The Bertz CT molecular complexity index is 359. The zero-order valence-electron chi connectivity index (χ0n) is 10.6. The van der Waals surface area contributed by atoms with Gasteiger partial charge in [0.1, 0.15) is 5.60 Å². The molecule has 3 nitrogen and oxygen atoms in total. The standard InChI is InChI=1S/C14H20O3/c1-11-3-6-14(16-2,7-4-11)13(15)9-12-5-8-17-10-12/h5,8,10-11H,3-4,6-7,9H2,1-2H3. The molecule has 1 fully saturated rings. The maximum absolute atomic E-state index is 12.4. The first kappa shape index (κ1) is 12.4. The van der Waals surface area contributed by atoms with E-state index in [4.69, 9.17) is 9.15 Å². The summed E-state index contributed by atoms with van der Waals surface area (Å²) in [5.74, 6) is 0.897. The molecule has 0 N–H and O–H groups in total. The molecule has 1 aliphatic rings. The number of ether oxygens (including phenoxy) is 1. The molecule has 0 aliphatic heterocycles. The van der Waals surface area contributed by atoms with Crippen LogP contribution in [0.25, 0.3) is 0 Å². The molecule has 1 saturated carbocycles. The molecular weight excluding hydrogens is 216 g/mol.